The first-order valence-electron chi connectivity index (χ1n) is 20.2. The third-order valence-electron chi connectivity index (χ3n) is 11.7. The van der Waals surface area contributed by atoms with E-state index in [2.05, 4.69) is 4.99 Å². The summed E-state index contributed by atoms with van der Waals surface area (Å²) in [5.41, 5.74) is -0.985. The van der Waals surface area contributed by atoms with E-state index in [9.17, 15) is 63.2 Å². The summed E-state index contributed by atoms with van der Waals surface area (Å²) in [6.07, 6.45) is 2.17. The van der Waals surface area contributed by atoms with Gasteiger partial charge in [0.1, 0.15) is 5.76 Å². The number of hydrogen-bond donors (Lipinski definition) is 4. The van der Waals surface area contributed by atoms with E-state index >= 15 is 0 Å². The topological polar surface area (TPSA) is 298 Å². The van der Waals surface area contributed by atoms with Gasteiger partial charge in [0.05, 0.1) is 39.8 Å². The number of Topliss-reactive ketones (excluding diaryl/α,β-unsaturated/α-hetero) is 1. The number of anilines is 1. The number of hydroxylamine groups is 2. The third-order valence-corrected chi connectivity index (χ3v) is 14.2. The predicted octanol–water partition coefficient (Wildman–Crippen LogP) is 3.91. The maximum absolute atomic E-state index is 14.3. The first-order chi connectivity index (χ1) is 30.3. The highest BCUT2D eigenvalue weighted by Crippen LogP contribution is 2.52. The molecule has 0 spiro atoms. The zero-order valence-corrected chi connectivity index (χ0v) is 38.7. The zero-order chi connectivity index (χ0) is 48.3. The van der Waals surface area contributed by atoms with Gasteiger partial charge in [0.25, 0.3) is 42.2 Å². The molecule has 0 bridgehead atoms. The SMILES string of the molecule is COCCN=C(/C=C1/C(=O)C(/C=C2/N(CCCC(=O)ON3C(=O)CCC3=O)c3ccc(S(=O)(=O)O)cc3C2(C)CCOC)=C1O)C(C)(CCCS(=O)(=O)O)c1cc(S(=O)(=O)O)ccc1C. The summed E-state index contributed by atoms with van der Waals surface area (Å²) in [5, 5.41) is 12.2. The molecule has 0 radical (unpaired) electrons. The number of rotatable bonds is 21. The van der Waals surface area contributed by atoms with Crippen molar-refractivity contribution in [3.63, 3.8) is 0 Å². The van der Waals surface area contributed by atoms with Crippen LogP contribution in [0.1, 0.15) is 75.5 Å². The van der Waals surface area contributed by atoms with Crippen molar-refractivity contribution in [1.29, 1.82) is 0 Å². The summed E-state index contributed by atoms with van der Waals surface area (Å²) < 4.78 is 113. The molecule has 3 aliphatic rings. The number of imide groups is 1. The van der Waals surface area contributed by atoms with Gasteiger partial charge in [0.2, 0.25) is 5.78 Å². The van der Waals surface area contributed by atoms with E-state index < -0.39 is 86.1 Å². The fourth-order valence-electron chi connectivity index (χ4n) is 8.14. The number of ether oxygens (including phenoxy) is 2. The van der Waals surface area contributed by atoms with Crippen LogP contribution in [-0.2, 0) is 74.7 Å². The molecule has 1 fully saturated rings. The molecule has 0 aromatic heterocycles. The van der Waals surface area contributed by atoms with E-state index in [-0.39, 0.29) is 93.7 Å². The minimum atomic E-state index is -4.74. The maximum atomic E-state index is 14.3. The van der Waals surface area contributed by atoms with Crippen LogP contribution in [0.2, 0.25) is 0 Å². The van der Waals surface area contributed by atoms with Gasteiger partial charge in [-0.1, -0.05) is 6.07 Å². The lowest BCUT2D eigenvalue weighted by Gasteiger charge is -2.34. The highest BCUT2D eigenvalue weighted by molar-refractivity contribution is 7.86. The summed E-state index contributed by atoms with van der Waals surface area (Å²) in [6.45, 7) is 5.19. The standard InChI is InChI=1S/C42H51N3O17S3/c1-26-9-10-27(64(54,55)56)22-31(26)41(2,15-7-21-63(51,52)53)34(43-17-20-61-5)24-29-39(49)30(40(29)50)25-35-42(3,16-19-60-4)32-23-28(65(57,58)59)11-12-33(32)44(35)18-6-8-38(48)62-45-36(46)13-14-37(45)47/h9-12,22-25,49H,6-8,13-21H2,1-5H3,(H,51,52,53)(H,54,55,56)(H,57,58,59)/b29-24+,35-25+,43-34?. The highest BCUT2D eigenvalue weighted by Gasteiger charge is 2.46. The number of methoxy groups -OCH3 is 2. The predicted molar refractivity (Wildman–Crippen MR) is 233 cm³/mol. The van der Waals surface area contributed by atoms with Crippen molar-refractivity contribution in [2.24, 2.45) is 4.99 Å². The third kappa shape index (κ3) is 11.3. The van der Waals surface area contributed by atoms with Crippen molar-refractivity contribution in [1.82, 2.24) is 5.06 Å². The number of ketones is 1. The molecule has 2 atom stereocenters. The van der Waals surface area contributed by atoms with Crippen LogP contribution < -0.4 is 4.90 Å². The molecule has 4 N–H and O–H groups in total. The van der Waals surface area contributed by atoms with E-state index in [4.69, 9.17) is 14.3 Å². The van der Waals surface area contributed by atoms with Crippen LogP contribution >= 0.6 is 0 Å². The van der Waals surface area contributed by atoms with Crippen molar-refractivity contribution < 1.29 is 77.5 Å². The Morgan fingerprint density at radius 2 is 1.52 bits per heavy atom. The Morgan fingerprint density at radius 1 is 0.908 bits per heavy atom. The number of carbonyl (C=O) groups excluding carboxylic acids is 4. The lowest BCUT2D eigenvalue weighted by Crippen LogP contribution is -2.36. The minimum Gasteiger partial charge on any atom is -0.506 e. The molecular weight excluding hydrogens is 915 g/mol. The molecule has 2 amide bonds. The van der Waals surface area contributed by atoms with Crippen LogP contribution in [0, 0.1) is 6.92 Å². The van der Waals surface area contributed by atoms with Crippen LogP contribution in [0.5, 0.6) is 0 Å². The molecule has 354 valence electrons. The van der Waals surface area contributed by atoms with Gasteiger partial charge >= 0.3 is 5.97 Å². The summed E-state index contributed by atoms with van der Waals surface area (Å²) in [6, 6.07) is 7.70. The van der Waals surface area contributed by atoms with E-state index in [1.165, 1.54) is 62.8 Å². The fourth-order valence-corrected chi connectivity index (χ4v) is 9.66. The van der Waals surface area contributed by atoms with Crippen molar-refractivity contribution in [3.05, 3.63) is 87.8 Å². The van der Waals surface area contributed by atoms with Crippen molar-refractivity contribution in [2.45, 2.75) is 86.3 Å². The molecule has 23 heteroatoms. The summed E-state index contributed by atoms with van der Waals surface area (Å²) in [4.78, 5) is 61.6. The van der Waals surface area contributed by atoms with Crippen LogP contribution in [0.25, 0.3) is 0 Å². The number of aryl methyl sites for hydroxylation is 1. The Bertz CT molecular complexity index is 2730. The quantitative estimate of drug-likeness (QED) is 0.0453. The molecule has 1 saturated heterocycles. The van der Waals surface area contributed by atoms with Crippen LogP contribution in [0.4, 0.5) is 5.69 Å². The second-order valence-electron chi connectivity index (χ2n) is 16.1. The number of hydrogen-bond acceptors (Lipinski definition) is 16. The molecule has 2 aliphatic heterocycles. The second-order valence-corrected chi connectivity index (χ2v) is 20.6. The number of carbonyl (C=O) groups is 4. The van der Waals surface area contributed by atoms with Crippen LogP contribution in [0.15, 0.2) is 85.9 Å². The van der Waals surface area contributed by atoms with E-state index in [0.717, 1.165) is 0 Å². The number of aliphatic hydroxyl groups excluding tert-OH is 1. The number of nitrogens with zero attached hydrogens (tertiary/aromatic N) is 3. The second kappa shape index (κ2) is 19.8. The van der Waals surface area contributed by atoms with Crippen LogP contribution in [0.3, 0.4) is 0 Å². The summed E-state index contributed by atoms with van der Waals surface area (Å²) in [7, 11) is -11.0. The zero-order valence-electron chi connectivity index (χ0n) is 36.3. The number of fused-ring (bicyclic) bond motifs is 1. The van der Waals surface area contributed by atoms with Crippen molar-refractivity contribution >= 4 is 65.3 Å². The summed E-state index contributed by atoms with van der Waals surface area (Å²) >= 11 is 0. The smallest absolute Gasteiger partial charge is 0.333 e. The molecule has 65 heavy (non-hydrogen) atoms. The molecule has 2 heterocycles. The Kier molecular flexibility index (Phi) is 15.5. The lowest BCUT2D eigenvalue weighted by atomic mass is 9.71. The maximum Gasteiger partial charge on any atom is 0.333 e. The number of benzene rings is 2. The van der Waals surface area contributed by atoms with Crippen molar-refractivity contribution in [3.8, 4) is 0 Å². The molecule has 20 nitrogen and oxygen atoms in total. The van der Waals surface area contributed by atoms with Gasteiger partial charge in [0, 0.05) is 74.6 Å². The summed E-state index contributed by atoms with van der Waals surface area (Å²) in [5.74, 6) is -4.07. The molecule has 2 aromatic carbocycles. The molecular formula is C42H51N3O17S3. The Hall–Kier alpha value is -5.14. The highest BCUT2D eigenvalue weighted by atomic mass is 32.2. The van der Waals surface area contributed by atoms with Gasteiger partial charge in [-0.25, -0.2) is 4.79 Å². The lowest BCUT2D eigenvalue weighted by molar-refractivity contribution is -0.197. The monoisotopic (exact) mass is 965 g/mol. The van der Waals surface area contributed by atoms with Crippen LogP contribution in [-0.4, -0.2) is 125 Å². The van der Waals surface area contributed by atoms with Gasteiger partial charge < -0.3 is 24.3 Å². The Morgan fingerprint density at radius 3 is 2.11 bits per heavy atom. The van der Waals surface area contributed by atoms with Gasteiger partial charge in [-0.15, -0.1) is 5.06 Å². The van der Waals surface area contributed by atoms with Crippen molar-refractivity contribution in [2.75, 3.05) is 51.2 Å². The van der Waals surface area contributed by atoms with Gasteiger partial charge in [-0.3, -0.25) is 33.0 Å². The molecule has 1 aliphatic carbocycles. The number of allylic oxidation sites excluding steroid dienone is 5. The first-order valence-corrected chi connectivity index (χ1v) is 24.7. The Balaban J connectivity index is 1.63. The van der Waals surface area contributed by atoms with E-state index in [0.29, 0.717) is 27.6 Å². The van der Waals surface area contributed by atoms with E-state index in [1.54, 1.807) is 25.7 Å². The molecule has 2 unspecified atom stereocenters. The molecule has 2 aromatic rings. The van der Waals surface area contributed by atoms with E-state index in [1.807, 2.05) is 0 Å². The Labute approximate surface area is 376 Å². The number of aliphatic imine (C=N–C) groups is 1. The van der Waals surface area contributed by atoms with Gasteiger partial charge in [-0.2, -0.15) is 25.3 Å². The fraction of sp³-hybridized carbons (Fsp3) is 0.452. The first kappa shape index (κ1) is 50.9. The average molecular weight is 966 g/mol. The minimum absolute atomic E-state index is 0.00900. The number of aliphatic hydroxyl groups is 1. The van der Waals surface area contributed by atoms with Gasteiger partial charge in [-0.05, 0) is 106 Å². The largest absolute Gasteiger partial charge is 0.506 e. The number of amides is 2. The normalized spacial score (nSPS) is 20.5. The molecule has 0 saturated carbocycles. The van der Waals surface area contributed by atoms with Gasteiger partial charge in [0.15, 0.2) is 0 Å². The average Bonchev–Trinajstić information content (AvgIpc) is 3.65. The molecule has 5 rings (SSSR count).